The molecule has 88 valence electrons. The summed E-state index contributed by atoms with van der Waals surface area (Å²) in [6.45, 7) is 2.49. The zero-order valence-corrected chi connectivity index (χ0v) is 10.2. The van der Waals surface area contributed by atoms with Crippen LogP contribution in [0.15, 0.2) is 0 Å². The first-order valence-corrected chi connectivity index (χ1v) is 6.97. The lowest BCUT2D eigenvalue weighted by Gasteiger charge is -2.36. The summed E-state index contributed by atoms with van der Waals surface area (Å²) in [4.78, 5) is 11.6. The Kier molecular flexibility index (Phi) is 4.28. The maximum absolute atomic E-state index is 11.6. The Hall–Kier alpha value is -0.420. The molecule has 2 atom stereocenters. The number of carbonyl (C=O) groups is 1. The van der Waals surface area contributed by atoms with Crippen LogP contribution in [0.25, 0.3) is 0 Å². The highest BCUT2D eigenvalue weighted by atomic mass is 32.2. The fourth-order valence-corrected chi connectivity index (χ4v) is 1.97. The van der Waals surface area contributed by atoms with Crippen LogP contribution in [-0.2, 0) is 15.6 Å². The van der Waals surface area contributed by atoms with Crippen LogP contribution in [-0.4, -0.2) is 33.7 Å². The lowest BCUT2D eigenvalue weighted by molar-refractivity contribution is -0.129. The van der Waals surface area contributed by atoms with Crippen molar-refractivity contribution >= 4 is 16.7 Å². The van der Waals surface area contributed by atoms with E-state index in [0.29, 0.717) is 6.54 Å². The van der Waals surface area contributed by atoms with Gasteiger partial charge in [0.25, 0.3) is 0 Å². The molecular formula is C10H20N2O2S. The van der Waals surface area contributed by atoms with E-state index in [-0.39, 0.29) is 11.2 Å². The number of hydrogen-bond donors (Lipinski definition) is 2. The second-order valence-electron chi connectivity index (χ2n) is 4.36. The zero-order valence-electron chi connectivity index (χ0n) is 9.41. The fourth-order valence-electron chi connectivity index (χ4n) is 1.52. The first-order chi connectivity index (χ1) is 6.96. The van der Waals surface area contributed by atoms with Gasteiger partial charge in [0.1, 0.15) is 0 Å². The summed E-state index contributed by atoms with van der Waals surface area (Å²) in [5.74, 6) is -0.0529. The average Bonchev–Trinajstić information content (AvgIpc) is 2.13. The van der Waals surface area contributed by atoms with Crippen molar-refractivity contribution < 1.29 is 9.00 Å². The van der Waals surface area contributed by atoms with Crippen LogP contribution in [0.3, 0.4) is 0 Å². The van der Waals surface area contributed by atoms with Crippen molar-refractivity contribution in [2.24, 2.45) is 5.73 Å². The van der Waals surface area contributed by atoms with E-state index in [1.165, 1.54) is 0 Å². The van der Waals surface area contributed by atoms with Crippen LogP contribution < -0.4 is 11.1 Å². The van der Waals surface area contributed by atoms with E-state index < -0.39 is 16.3 Å². The van der Waals surface area contributed by atoms with Crippen molar-refractivity contribution in [1.82, 2.24) is 5.32 Å². The van der Waals surface area contributed by atoms with Crippen molar-refractivity contribution in [2.45, 2.75) is 43.4 Å². The summed E-state index contributed by atoms with van der Waals surface area (Å²) in [6, 6.07) is 0. The van der Waals surface area contributed by atoms with Gasteiger partial charge in [-0.05, 0) is 25.7 Å². The van der Waals surface area contributed by atoms with E-state index in [0.717, 1.165) is 25.7 Å². The van der Waals surface area contributed by atoms with Crippen LogP contribution in [0.4, 0.5) is 0 Å². The predicted molar refractivity (Wildman–Crippen MR) is 61.9 cm³/mol. The summed E-state index contributed by atoms with van der Waals surface area (Å²) in [5, 5.41) is 2.94. The second kappa shape index (κ2) is 5.07. The Morgan fingerprint density at radius 3 is 2.60 bits per heavy atom. The highest BCUT2D eigenvalue weighted by molar-refractivity contribution is 7.84. The minimum atomic E-state index is -0.817. The van der Waals surface area contributed by atoms with Gasteiger partial charge < -0.3 is 11.1 Å². The molecule has 3 N–H and O–H groups in total. The highest BCUT2D eigenvalue weighted by Gasteiger charge is 2.39. The standard InChI is InChI=1S/C10H20N2O2S/c1-8(15(2)14)4-7-12-9(13)10(11)5-3-6-10/h8H,3-7,11H2,1-2H3,(H,12,13). The molecule has 0 aromatic rings. The minimum absolute atomic E-state index is 0.0529. The molecule has 1 saturated carbocycles. The van der Waals surface area contributed by atoms with Crippen molar-refractivity contribution in [3.8, 4) is 0 Å². The SMILES string of the molecule is CC(CCNC(=O)C1(N)CCC1)S(C)=O. The van der Waals surface area contributed by atoms with Crippen molar-refractivity contribution in [1.29, 1.82) is 0 Å². The van der Waals surface area contributed by atoms with E-state index in [2.05, 4.69) is 5.32 Å². The van der Waals surface area contributed by atoms with Crippen molar-refractivity contribution in [3.63, 3.8) is 0 Å². The molecular weight excluding hydrogens is 212 g/mol. The Balaban J connectivity index is 2.20. The molecule has 1 aliphatic carbocycles. The van der Waals surface area contributed by atoms with Gasteiger partial charge in [0.2, 0.25) is 5.91 Å². The molecule has 2 unspecified atom stereocenters. The molecule has 0 spiro atoms. The molecule has 0 heterocycles. The quantitative estimate of drug-likeness (QED) is 0.708. The van der Waals surface area contributed by atoms with Crippen LogP contribution in [0, 0.1) is 0 Å². The number of nitrogens with two attached hydrogens (primary N) is 1. The molecule has 1 fully saturated rings. The first-order valence-electron chi connectivity index (χ1n) is 5.35. The molecule has 1 amide bonds. The highest BCUT2D eigenvalue weighted by Crippen LogP contribution is 2.28. The zero-order chi connectivity index (χ0) is 11.5. The van der Waals surface area contributed by atoms with E-state index in [4.69, 9.17) is 5.73 Å². The van der Waals surface area contributed by atoms with E-state index in [1.54, 1.807) is 6.26 Å². The number of nitrogens with one attached hydrogen (secondary N) is 1. The summed E-state index contributed by atoms with van der Waals surface area (Å²) in [6.07, 6.45) is 5.04. The van der Waals surface area contributed by atoms with Crippen LogP contribution in [0.5, 0.6) is 0 Å². The Morgan fingerprint density at radius 1 is 1.60 bits per heavy atom. The van der Waals surface area contributed by atoms with Crippen LogP contribution >= 0.6 is 0 Å². The van der Waals surface area contributed by atoms with Crippen molar-refractivity contribution in [3.05, 3.63) is 0 Å². The molecule has 1 aliphatic rings. The molecule has 0 saturated heterocycles. The number of hydrogen-bond acceptors (Lipinski definition) is 3. The Labute approximate surface area is 93.4 Å². The number of amides is 1. The van der Waals surface area contributed by atoms with Crippen molar-refractivity contribution in [2.75, 3.05) is 12.8 Å². The third-order valence-corrected chi connectivity index (χ3v) is 4.47. The molecule has 5 heteroatoms. The lowest BCUT2D eigenvalue weighted by Crippen LogP contribution is -2.58. The minimum Gasteiger partial charge on any atom is -0.354 e. The Bertz CT molecular complexity index is 264. The van der Waals surface area contributed by atoms with Crippen LogP contribution in [0.2, 0.25) is 0 Å². The molecule has 0 aliphatic heterocycles. The van der Waals surface area contributed by atoms with Gasteiger partial charge in [-0.25, -0.2) is 0 Å². The second-order valence-corrected chi connectivity index (χ2v) is 6.17. The monoisotopic (exact) mass is 232 g/mol. The van der Waals surface area contributed by atoms with Gasteiger partial charge in [0.05, 0.1) is 5.54 Å². The van der Waals surface area contributed by atoms with Crippen LogP contribution in [0.1, 0.15) is 32.6 Å². The summed E-state index contributed by atoms with van der Waals surface area (Å²) in [5.41, 5.74) is 5.23. The third kappa shape index (κ3) is 3.28. The molecule has 1 rings (SSSR count). The number of rotatable bonds is 5. The summed E-state index contributed by atoms with van der Waals surface area (Å²) < 4.78 is 11.1. The van der Waals surface area contributed by atoms with E-state index in [1.807, 2.05) is 6.92 Å². The topological polar surface area (TPSA) is 72.2 Å². The van der Waals surface area contributed by atoms with Gasteiger partial charge in [-0.15, -0.1) is 0 Å². The molecule has 0 aromatic carbocycles. The molecule has 0 radical (unpaired) electrons. The van der Waals surface area contributed by atoms with E-state index in [9.17, 15) is 9.00 Å². The number of carbonyl (C=O) groups excluding carboxylic acids is 1. The Morgan fingerprint density at radius 2 is 2.20 bits per heavy atom. The van der Waals surface area contributed by atoms with E-state index >= 15 is 0 Å². The maximum Gasteiger partial charge on any atom is 0.240 e. The normalized spacial score (nSPS) is 22.6. The largest absolute Gasteiger partial charge is 0.354 e. The maximum atomic E-state index is 11.6. The molecule has 4 nitrogen and oxygen atoms in total. The summed E-state index contributed by atoms with van der Waals surface area (Å²) >= 11 is 0. The first kappa shape index (κ1) is 12.6. The smallest absolute Gasteiger partial charge is 0.240 e. The van der Waals surface area contributed by atoms with Gasteiger partial charge >= 0.3 is 0 Å². The van der Waals surface area contributed by atoms with Gasteiger partial charge in [0.15, 0.2) is 0 Å². The molecule has 15 heavy (non-hydrogen) atoms. The summed E-state index contributed by atoms with van der Waals surface area (Å²) in [7, 11) is -0.817. The van der Waals surface area contributed by atoms with Gasteiger partial charge in [-0.1, -0.05) is 6.92 Å². The van der Waals surface area contributed by atoms with Gasteiger partial charge in [0, 0.05) is 28.9 Å². The lowest BCUT2D eigenvalue weighted by atomic mass is 9.77. The van der Waals surface area contributed by atoms with Gasteiger partial charge in [-0.3, -0.25) is 9.00 Å². The molecule has 0 aromatic heterocycles. The van der Waals surface area contributed by atoms with Gasteiger partial charge in [-0.2, -0.15) is 0 Å². The average molecular weight is 232 g/mol. The fraction of sp³-hybridized carbons (Fsp3) is 0.900. The predicted octanol–water partition coefficient (Wildman–Crippen LogP) is 0.141. The third-order valence-electron chi connectivity index (χ3n) is 3.10. The molecule has 0 bridgehead atoms.